The molecule has 0 radical (unpaired) electrons. The highest BCUT2D eigenvalue weighted by Crippen LogP contribution is 2.43. The fourth-order valence-corrected chi connectivity index (χ4v) is 4.03. The van der Waals surface area contributed by atoms with Gasteiger partial charge in [0.05, 0.1) is 35.5 Å². The van der Waals surface area contributed by atoms with Gasteiger partial charge in [-0.3, -0.25) is 18.6 Å². The van der Waals surface area contributed by atoms with Gasteiger partial charge in [-0.2, -0.15) is 5.10 Å². The third-order valence-electron chi connectivity index (χ3n) is 5.60. The molecule has 3 N–H and O–H groups in total. The molecule has 1 aliphatic carbocycles. The molecule has 0 atom stereocenters. The number of benzene rings is 1. The first-order chi connectivity index (χ1) is 16.7. The fraction of sp³-hybridized carbons (Fsp3) is 0.348. The number of nitrogens with one attached hydrogen (secondary N) is 3. The summed E-state index contributed by atoms with van der Waals surface area (Å²) in [6.07, 6.45) is 6.54. The lowest BCUT2D eigenvalue weighted by atomic mass is 10.1. The van der Waals surface area contributed by atoms with Gasteiger partial charge in [-0.15, -0.1) is 0 Å². The second kappa shape index (κ2) is 9.92. The molecule has 3 aromatic rings. The molecule has 0 aliphatic heterocycles. The SMILES string of the molecule is CCONC(=O)c1cnc(Nc2ccn(C)n2)cc1Nc1ccc(C2CC2)cc1N(C)S(C)(=O)=O. The Labute approximate surface area is 204 Å². The number of anilines is 5. The molecule has 2 aromatic heterocycles. The molecule has 1 aromatic carbocycles. The molecule has 1 saturated carbocycles. The number of sulfonamides is 1. The molecule has 0 saturated heterocycles. The summed E-state index contributed by atoms with van der Waals surface area (Å²) in [7, 11) is -0.206. The van der Waals surface area contributed by atoms with E-state index >= 15 is 0 Å². The van der Waals surface area contributed by atoms with Crippen molar-refractivity contribution in [2.24, 2.45) is 7.05 Å². The first-order valence-electron chi connectivity index (χ1n) is 11.2. The van der Waals surface area contributed by atoms with Crippen molar-refractivity contribution in [3.05, 3.63) is 53.9 Å². The quantitative estimate of drug-likeness (QED) is 0.363. The molecule has 4 rings (SSSR count). The van der Waals surface area contributed by atoms with Gasteiger partial charge in [0.1, 0.15) is 5.82 Å². The van der Waals surface area contributed by atoms with Crippen molar-refractivity contribution < 1.29 is 18.0 Å². The van der Waals surface area contributed by atoms with Crippen LogP contribution in [0.15, 0.2) is 42.7 Å². The lowest BCUT2D eigenvalue weighted by molar-refractivity contribution is 0.0365. The van der Waals surface area contributed by atoms with E-state index in [0.717, 1.165) is 24.7 Å². The molecular weight excluding hydrogens is 470 g/mol. The van der Waals surface area contributed by atoms with Crippen molar-refractivity contribution in [1.82, 2.24) is 20.2 Å². The zero-order valence-corrected chi connectivity index (χ0v) is 20.9. The average molecular weight is 500 g/mol. The molecule has 11 nitrogen and oxygen atoms in total. The third kappa shape index (κ3) is 5.89. The van der Waals surface area contributed by atoms with E-state index < -0.39 is 15.9 Å². The number of pyridine rings is 1. The summed E-state index contributed by atoms with van der Waals surface area (Å²) in [6.45, 7) is 2.06. The highest BCUT2D eigenvalue weighted by Gasteiger charge is 2.26. The van der Waals surface area contributed by atoms with Gasteiger partial charge in [0.2, 0.25) is 10.0 Å². The Morgan fingerprint density at radius 1 is 1.17 bits per heavy atom. The van der Waals surface area contributed by atoms with Crippen LogP contribution < -0.4 is 20.4 Å². The van der Waals surface area contributed by atoms with Crippen LogP contribution >= 0.6 is 0 Å². The fourth-order valence-electron chi connectivity index (χ4n) is 3.52. The van der Waals surface area contributed by atoms with Gasteiger partial charge in [0, 0.05) is 38.6 Å². The standard InChI is InChI=1S/C23H29N7O4S/c1-5-34-28-23(31)17-14-24-22(26-21-10-11-29(2)27-21)13-19(17)25-18-9-8-16(15-6-7-15)12-20(18)30(3)35(4,32)33/h8-15H,5-7H2,1-4H3,(H,28,31)(H2,24,25,26,27). The first-order valence-corrected chi connectivity index (χ1v) is 13.0. The molecule has 1 aliphatic rings. The van der Waals surface area contributed by atoms with E-state index in [1.807, 2.05) is 18.2 Å². The molecule has 186 valence electrons. The smallest absolute Gasteiger partial charge is 0.278 e. The Kier molecular flexibility index (Phi) is 6.94. The van der Waals surface area contributed by atoms with Gasteiger partial charge in [-0.05, 0) is 43.4 Å². The summed E-state index contributed by atoms with van der Waals surface area (Å²) in [6, 6.07) is 9.15. The monoisotopic (exact) mass is 499 g/mol. The van der Waals surface area contributed by atoms with E-state index in [1.165, 1.54) is 17.5 Å². The van der Waals surface area contributed by atoms with E-state index in [-0.39, 0.29) is 5.56 Å². The van der Waals surface area contributed by atoms with Gasteiger partial charge in [0.15, 0.2) is 5.82 Å². The number of carbonyl (C=O) groups is 1. The number of carbonyl (C=O) groups excluding carboxylic acids is 1. The zero-order chi connectivity index (χ0) is 25.2. The molecule has 2 heterocycles. The van der Waals surface area contributed by atoms with Crippen molar-refractivity contribution >= 4 is 44.6 Å². The maximum Gasteiger partial charge on any atom is 0.278 e. The van der Waals surface area contributed by atoms with Crippen LogP contribution in [0.4, 0.5) is 28.7 Å². The minimum Gasteiger partial charge on any atom is -0.353 e. The van der Waals surface area contributed by atoms with Crippen LogP contribution in [0.3, 0.4) is 0 Å². The van der Waals surface area contributed by atoms with Crippen LogP contribution in [0.5, 0.6) is 0 Å². The predicted molar refractivity (Wildman–Crippen MR) is 135 cm³/mol. The van der Waals surface area contributed by atoms with Crippen LogP contribution in [-0.2, 0) is 21.9 Å². The van der Waals surface area contributed by atoms with Gasteiger partial charge in [0.25, 0.3) is 5.91 Å². The average Bonchev–Trinajstić information content (AvgIpc) is 3.59. The Balaban J connectivity index is 1.73. The van der Waals surface area contributed by atoms with Gasteiger partial charge in [-0.25, -0.2) is 18.9 Å². The number of aryl methyl sites for hydroxylation is 1. The van der Waals surface area contributed by atoms with E-state index in [9.17, 15) is 13.2 Å². The molecule has 1 fully saturated rings. The second-order valence-corrected chi connectivity index (χ2v) is 10.4. The Morgan fingerprint density at radius 3 is 2.57 bits per heavy atom. The molecule has 0 unspecified atom stereocenters. The third-order valence-corrected chi connectivity index (χ3v) is 6.80. The largest absolute Gasteiger partial charge is 0.353 e. The topological polar surface area (TPSA) is 130 Å². The number of rotatable bonds is 10. The summed E-state index contributed by atoms with van der Waals surface area (Å²) in [5.41, 5.74) is 5.13. The van der Waals surface area contributed by atoms with Crippen molar-refractivity contribution in [2.75, 3.05) is 34.8 Å². The normalized spacial score (nSPS) is 13.4. The van der Waals surface area contributed by atoms with E-state index in [0.29, 0.717) is 41.2 Å². The Morgan fingerprint density at radius 2 is 1.94 bits per heavy atom. The summed E-state index contributed by atoms with van der Waals surface area (Å²) in [5, 5.41) is 10.6. The lowest BCUT2D eigenvalue weighted by Crippen LogP contribution is -2.26. The Hall–Kier alpha value is -3.64. The van der Waals surface area contributed by atoms with Crippen molar-refractivity contribution in [3.8, 4) is 0 Å². The molecular formula is C23H29N7O4S. The highest BCUT2D eigenvalue weighted by atomic mass is 32.2. The van der Waals surface area contributed by atoms with E-state index in [4.69, 9.17) is 4.84 Å². The summed E-state index contributed by atoms with van der Waals surface area (Å²) < 4.78 is 27.6. The molecule has 1 amide bonds. The maximum absolute atomic E-state index is 12.8. The molecule has 35 heavy (non-hydrogen) atoms. The predicted octanol–water partition coefficient (Wildman–Crippen LogP) is 3.26. The highest BCUT2D eigenvalue weighted by molar-refractivity contribution is 7.92. The van der Waals surface area contributed by atoms with Crippen LogP contribution in [0.25, 0.3) is 0 Å². The number of hydroxylamine groups is 1. The van der Waals surface area contributed by atoms with Crippen LogP contribution in [0, 0.1) is 0 Å². The van der Waals surface area contributed by atoms with Crippen LogP contribution in [-0.4, -0.2) is 49.0 Å². The number of amides is 1. The summed E-state index contributed by atoms with van der Waals surface area (Å²) >= 11 is 0. The number of hydrogen-bond acceptors (Lipinski definition) is 8. The van der Waals surface area contributed by atoms with Gasteiger partial charge >= 0.3 is 0 Å². The Bertz CT molecular complexity index is 1340. The van der Waals surface area contributed by atoms with Gasteiger partial charge in [-0.1, -0.05) is 6.07 Å². The summed E-state index contributed by atoms with van der Waals surface area (Å²) in [5.74, 6) is 0.993. The first kappa shape index (κ1) is 24.5. The molecule has 0 spiro atoms. The van der Waals surface area contributed by atoms with Crippen LogP contribution in [0.2, 0.25) is 0 Å². The van der Waals surface area contributed by atoms with Crippen LogP contribution in [0.1, 0.15) is 41.6 Å². The number of nitrogens with zero attached hydrogens (tertiary/aromatic N) is 4. The second-order valence-electron chi connectivity index (χ2n) is 8.39. The summed E-state index contributed by atoms with van der Waals surface area (Å²) in [4.78, 5) is 22.2. The zero-order valence-electron chi connectivity index (χ0n) is 20.1. The van der Waals surface area contributed by atoms with E-state index in [2.05, 4.69) is 26.2 Å². The maximum atomic E-state index is 12.8. The van der Waals surface area contributed by atoms with Crippen molar-refractivity contribution in [1.29, 1.82) is 0 Å². The van der Waals surface area contributed by atoms with Crippen molar-refractivity contribution in [3.63, 3.8) is 0 Å². The van der Waals surface area contributed by atoms with Crippen molar-refractivity contribution in [2.45, 2.75) is 25.7 Å². The van der Waals surface area contributed by atoms with E-state index in [1.54, 1.807) is 37.0 Å². The minimum atomic E-state index is -3.52. The lowest BCUT2D eigenvalue weighted by Gasteiger charge is -2.23. The van der Waals surface area contributed by atoms with Gasteiger partial charge < -0.3 is 10.6 Å². The molecule has 0 bridgehead atoms. The number of hydrogen-bond donors (Lipinski definition) is 3. The number of aromatic nitrogens is 3. The minimum absolute atomic E-state index is 0.226. The molecule has 12 heteroatoms.